The summed E-state index contributed by atoms with van der Waals surface area (Å²) < 4.78 is 5.10. The lowest BCUT2D eigenvalue weighted by Gasteiger charge is -2.29. The van der Waals surface area contributed by atoms with Gasteiger partial charge in [0.1, 0.15) is 5.75 Å². The van der Waals surface area contributed by atoms with Crippen molar-refractivity contribution >= 4 is 5.97 Å². The molecule has 1 rings (SSSR count). The van der Waals surface area contributed by atoms with Crippen LogP contribution in [0.25, 0.3) is 0 Å². The lowest BCUT2D eigenvalue weighted by molar-refractivity contribution is -0.130. The fraction of sp³-hybridized carbons (Fsp3) is 0.438. The summed E-state index contributed by atoms with van der Waals surface area (Å²) in [5.41, 5.74) is 0.994. The van der Waals surface area contributed by atoms with E-state index in [2.05, 4.69) is 6.58 Å². The lowest BCUT2D eigenvalue weighted by atomic mass is 9.80. The number of aliphatic hydroxyl groups is 1. The highest BCUT2D eigenvalue weighted by Gasteiger charge is 2.27. The Morgan fingerprint density at radius 2 is 1.89 bits per heavy atom. The van der Waals surface area contributed by atoms with Crippen molar-refractivity contribution < 1.29 is 14.6 Å². The van der Waals surface area contributed by atoms with E-state index >= 15 is 0 Å². The van der Waals surface area contributed by atoms with Crippen LogP contribution >= 0.6 is 0 Å². The summed E-state index contributed by atoms with van der Waals surface area (Å²) >= 11 is 0. The zero-order chi connectivity index (χ0) is 14.6. The van der Waals surface area contributed by atoms with Crippen molar-refractivity contribution in [1.29, 1.82) is 0 Å². The molecule has 0 aliphatic carbocycles. The smallest absolute Gasteiger partial charge is 0.338 e. The predicted molar refractivity (Wildman–Crippen MR) is 75.9 cm³/mol. The molecular formula is C16H22O3. The van der Waals surface area contributed by atoms with Gasteiger partial charge in [0.2, 0.25) is 0 Å². The Labute approximate surface area is 114 Å². The second kappa shape index (κ2) is 6.02. The van der Waals surface area contributed by atoms with Crippen LogP contribution in [-0.4, -0.2) is 11.1 Å². The van der Waals surface area contributed by atoms with Crippen LogP contribution in [0.5, 0.6) is 5.75 Å². The van der Waals surface area contributed by atoms with Crippen LogP contribution in [0, 0.1) is 5.41 Å². The average molecular weight is 262 g/mol. The Bertz CT molecular complexity index is 457. The van der Waals surface area contributed by atoms with Gasteiger partial charge in [-0.05, 0) is 36.5 Å². The molecule has 0 spiro atoms. The molecule has 0 aliphatic rings. The maximum atomic E-state index is 11.4. The molecule has 0 aromatic heterocycles. The highest BCUT2D eigenvalue weighted by molar-refractivity contribution is 5.88. The largest absolute Gasteiger partial charge is 0.423 e. The van der Waals surface area contributed by atoms with Crippen molar-refractivity contribution in [1.82, 2.24) is 0 Å². The van der Waals surface area contributed by atoms with E-state index in [1.165, 1.54) is 0 Å². The first-order valence-electron chi connectivity index (χ1n) is 6.43. The molecule has 0 saturated heterocycles. The second-order valence-corrected chi connectivity index (χ2v) is 5.48. The van der Waals surface area contributed by atoms with E-state index in [1.54, 1.807) is 31.2 Å². The highest BCUT2D eigenvalue weighted by Crippen LogP contribution is 2.36. The SMILES string of the molecule is C=C(C)C(=O)Oc1ccc(C(O)C(C)(C)CC)cc1. The third kappa shape index (κ3) is 3.93. The van der Waals surface area contributed by atoms with Gasteiger partial charge in [0.15, 0.2) is 0 Å². The quantitative estimate of drug-likeness (QED) is 0.500. The average Bonchev–Trinajstić information content (AvgIpc) is 2.38. The van der Waals surface area contributed by atoms with E-state index in [1.807, 2.05) is 20.8 Å². The van der Waals surface area contributed by atoms with E-state index < -0.39 is 12.1 Å². The van der Waals surface area contributed by atoms with Crippen molar-refractivity contribution in [3.05, 3.63) is 42.0 Å². The summed E-state index contributed by atoms with van der Waals surface area (Å²) in [4.78, 5) is 11.4. The molecule has 0 saturated carbocycles. The van der Waals surface area contributed by atoms with Gasteiger partial charge < -0.3 is 9.84 Å². The normalized spacial score (nSPS) is 12.9. The van der Waals surface area contributed by atoms with Gasteiger partial charge in [0.05, 0.1) is 6.10 Å². The molecule has 1 N–H and O–H groups in total. The topological polar surface area (TPSA) is 46.5 Å². The third-order valence-corrected chi connectivity index (χ3v) is 3.41. The van der Waals surface area contributed by atoms with Gasteiger partial charge in [0, 0.05) is 5.57 Å². The first-order valence-corrected chi connectivity index (χ1v) is 6.43. The summed E-state index contributed by atoms with van der Waals surface area (Å²) in [5.74, 6) is 0.0143. The number of aliphatic hydroxyl groups excluding tert-OH is 1. The Hall–Kier alpha value is -1.61. The minimum Gasteiger partial charge on any atom is -0.423 e. The molecular weight excluding hydrogens is 240 g/mol. The maximum absolute atomic E-state index is 11.4. The molecule has 19 heavy (non-hydrogen) atoms. The minimum atomic E-state index is -0.539. The first-order chi connectivity index (χ1) is 8.77. The summed E-state index contributed by atoms with van der Waals surface area (Å²) in [6.07, 6.45) is 0.337. The number of ether oxygens (including phenoxy) is 1. The summed E-state index contributed by atoms with van der Waals surface area (Å²) in [5, 5.41) is 10.3. The van der Waals surface area contributed by atoms with Gasteiger partial charge in [0.25, 0.3) is 0 Å². The molecule has 0 fully saturated rings. The van der Waals surface area contributed by atoms with E-state index in [0.29, 0.717) is 11.3 Å². The van der Waals surface area contributed by atoms with Crippen molar-refractivity contribution in [3.8, 4) is 5.75 Å². The number of hydrogen-bond donors (Lipinski definition) is 1. The number of carbonyl (C=O) groups is 1. The number of carbonyl (C=O) groups excluding carboxylic acids is 1. The second-order valence-electron chi connectivity index (χ2n) is 5.48. The Kier molecular flexibility index (Phi) is 4.90. The molecule has 0 radical (unpaired) electrons. The summed E-state index contributed by atoms with van der Waals surface area (Å²) in [7, 11) is 0. The standard InChI is InChI=1S/C16H22O3/c1-6-16(4,5)14(17)12-7-9-13(10-8-12)19-15(18)11(2)3/h7-10,14,17H,2,6H2,1,3-5H3. The molecule has 0 heterocycles. The molecule has 3 nitrogen and oxygen atoms in total. The Balaban J connectivity index is 2.82. The Morgan fingerprint density at radius 1 is 1.37 bits per heavy atom. The van der Waals surface area contributed by atoms with E-state index in [-0.39, 0.29) is 5.41 Å². The molecule has 0 aliphatic heterocycles. The predicted octanol–water partition coefficient (Wildman–Crippen LogP) is 3.64. The molecule has 1 unspecified atom stereocenters. The highest BCUT2D eigenvalue weighted by atomic mass is 16.5. The molecule has 0 bridgehead atoms. The molecule has 1 aromatic carbocycles. The van der Waals surface area contributed by atoms with Crippen molar-refractivity contribution in [3.63, 3.8) is 0 Å². The summed E-state index contributed by atoms with van der Waals surface area (Å²) in [6.45, 7) is 11.2. The molecule has 1 aromatic rings. The number of esters is 1. The van der Waals surface area contributed by atoms with Crippen molar-refractivity contribution in [2.45, 2.75) is 40.2 Å². The van der Waals surface area contributed by atoms with Gasteiger partial charge >= 0.3 is 5.97 Å². The molecule has 0 amide bonds. The number of rotatable bonds is 5. The van der Waals surface area contributed by atoms with Crippen LogP contribution in [-0.2, 0) is 4.79 Å². The molecule has 3 heteroatoms. The van der Waals surface area contributed by atoms with Crippen LogP contribution < -0.4 is 4.74 Å². The van der Waals surface area contributed by atoms with Crippen LogP contribution in [0.2, 0.25) is 0 Å². The minimum absolute atomic E-state index is 0.185. The number of hydrogen-bond acceptors (Lipinski definition) is 3. The van der Waals surface area contributed by atoms with E-state index in [0.717, 1.165) is 12.0 Å². The van der Waals surface area contributed by atoms with Crippen LogP contribution in [0.4, 0.5) is 0 Å². The van der Waals surface area contributed by atoms with Gasteiger partial charge in [-0.1, -0.05) is 39.5 Å². The number of benzene rings is 1. The van der Waals surface area contributed by atoms with Gasteiger partial charge in [-0.2, -0.15) is 0 Å². The van der Waals surface area contributed by atoms with Crippen LogP contribution in [0.3, 0.4) is 0 Å². The van der Waals surface area contributed by atoms with E-state index in [4.69, 9.17) is 4.74 Å². The lowest BCUT2D eigenvalue weighted by Crippen LogP contribution is -2.20. The van der Waals surface area contributed by atoms with Gasteiger partial charge in [-0.25, -0.2) is 4.79 Å². The first kappa shape index (κ1) is 15.4. The molecule has 1 atom stereocenters. The van der Waals surface area contributed by atoms with Gasteiger partial charge in [-0.3, -0.25) is 0 Å². The van der Waals surface area contributed by atoms with Crippen LogP contribution in [0.15, 0.2) is 36.4 Å². The van der Waals surface area contributed by atoms with Crippen LogP contribution in [0.1, 0.15) is 45.8 Å². The van der Waals surface area contributed by atoms with Crippen molar-refractivity contribution in [2.24, 2.45) is 5.41 Å². The fourth-order valence-electron chi connectivity index (χ4n) is 1.56. The molecule has 104 valence electrons. The van der Waals surface area contributed by atoms with E-state index in [9.17, 15) is 9.90 Å². The summed E-state index contributed by atoms with van der Waals surface area (Å²) in [6, 6.07) is 6.93. The fourth-order valence-corrected chi connectivity index (χ4v) is 1.56. The third-order valence-electron chi connectivity index (χ3n) is 3.41. The van der Waals surface area contributed by atoms with Gasteiger partial charge in [-0.15, -0.1) is 0 Å². The maximum Gasteiger partial charge on any atom is 0.338 e. The monoisotopic (exact) mass is 262 g/mol. The van der Waals surface area contributed by atoms with Crippen molar-refractivity contribution in [2.75, 3.05) is 0 Å². The zero-order valence-electron chi connectivity index (χ0n) is 12.1. The Morgan fingerprint density at radius 3 is 2.32 bits per heavy atom. The zero-order valence-corrected chi connectivity index (χ0v) is 12.1.